The molecule has 0 atom stereocenters. The first-order valence-corrected chi connectivity index (χ1v) is 11.7. The summed E-state index contributed by atoms with van der Waals surface area (Å²) in [6.45, 7) is 4.45. The fraction of sp³-hybridized carbons (Fsp3) is 0.350. The number of rotatable bonds is 10. The Bertz CT molecular complexity index is 841. The quantitative estimate of drug-likeness (QED) is 0.359. The van der Waals surface area contributed by atoms with Crippen LogP contribution >= 0.6 is 31.4 Å². The molecule has 0 bridgehead atoms. The molecule has 0 saturated heterocycles. The molecule has 0 unspecified atom stereocenters. The second-order valence-electron chi connectivity index (χ2n) is 6.04. The highest BCUT2D eigenvalue weighted by atomic mass is 35.5. The van der Waals surface area contributed by atoms with Gasteiger partial charge in [-0.3, -0.25) is 4.57 Å². The average Bonchev–Trinajstić information content (AvgIpc) is 2.70. The number of anilines is 1. The van der Waals surface area contributed by atoms with E-state index < -0.39 is 7.60 Å². The summed E-state index contributed by atoms with van der Waals surface area (Å²) in [5.74, 6) is 0.742. The first-order chi connectivity index (χ1) is 13.9. The maximum Gasteiger partial charge on any atom is 0.349 e. The highest BCUT2D eigenvalue weighted by molar-refractivity contribution is 7.80. The standard InChI is InChI=1S/C20H26ClN2O4PS/c1-4-26-28(24,27-5-2)15-23(14-16-8-6-7-9-19(16)21)20(29)22-17-10-12-18(25-3)13-11-17/h6-13H,4-5,14-15H2,1-3H3,(H,22,29). The molecular formula is C20H26ClN2O4PS. The summed E-state index contributed by atoms with van der Waals surface area (Å²) in [5.41, 5.74) is 1.63. The first-order valence-electron chi connectivity index (χ1n) is 9.22. The van der Waals surface area contributed by atoms with Gasteiger partial charge in [0.05, 0.1) is 20.3 Å². The molecule has 0 aliphatic carbocycles. The zero-order valence-electron chi connectivity index (χ0n) is 16.8. The Morgan fingerprint density at radius 1 is 1.10 bits per heavy atom. The Balaban J connectivity index is 2.25. The molecule has 9 heteroatoms. The van der Waals surface area contributed by atoms with Gasteiger partial charge in [0, 0.05) is 17.3 Å². The van der Waals surface area contributed by atoms with Crippen molar-refractivity contribution < 1.29 is 18.3 Å². The monoisotopic (exact) mass is 456 g/mol. The minimum Gasteiger partial charge on any atom is -0.497 e. The van der Waals surface area contributed by atoms with Gasteiger partial charge in [0.15, 0.2) is 5.11 Å². The van der Waals surface area contributed by atoms with E-state index in [1.807, 2.05) is 42.5 Å². The van der Waals surface area contributed by atoms with E-state index in [0.717, 1.165) is 17.0 Å². The number of hydrogen-bond donors (Lipinski definition) is 1. The van der Waals surface area contributed by atoms with E-state index in [1.54, 1.807) is 31.9 Å². The molecule has 1 N–H and O–H groups in total. The van der Waals surface area contributed by atoms with Crippen LogP contribution in [0, 0.1) is 0 Å². The van der Waals surface area contributed by atoms with Crippen molar-refractivity contribution in [2.75, 3.05) is 31.9 Å². The number of nitrogens with one attached hydrogen (secondary N) is 1. The van der Waals surface area contributed by atoms with Crippen molar-refractivity contribution in [3.05, 3.63) is 59.1 Å². The Hall–Kier alpha value is -1.63. The molecule has 0 aliphatic heterocycles. The van der Waals surface area contributed by atoms with Gasteiger partial charge in [-0.2, -0.15) is 0 Å². The molecule has 0 heterocycles. The molecule has 0 spiro atoms. The summed E-state index contributed by atoms with van der Waals surface area (Å²) in [6, 6.07) is 14.8. The topological polar surface area (TPSA) is 60.0 Å². The Kier molecular flexibility index (Phi) is 9.40. The molecule has 0 fully saturated rings. The Morgan fingerprint density at radius 2 is 1.72 bits per heavy atom. The number of thiocarbonyl (C=S) groups is 1. The lowest BCUT2D eigenvalue weighted by Crippen LogP contribution is -2.35. The molecule has 0 radical (unpaired) electrons. The molecule has 158 valence electrons. The van der Waals surface area contributed by atoms with Crippen LogP contribution in [-0.2, 0) is 20.2 Å². The predicted octanol–water partition coefficient (Wildman–Crippen LogP) is 5.77. The van der Waals surface area contributed by atoms with Crippen LogP contribution in [0.5, 0.6) is 5.75 Å². The van der Waals surface area contributed by atoms with E-state index in [4.69, 9.17) is 37.6 Å². The molecule has 2 rings (SSSR count). The van der Waals surface area contributed by atoms with Crippen LogP contribution in [0.15, 0.2) is 48.5 Å². The fourth-order valence-electron chi connectivity index (χ4n) is 2.62. The van der Waals surface area contributed by atoms with E-state index in [-0.39, 0.29) is 19.5 Å². The molecule has 2 aromatic carbocycles. The lowest BCUT2D eigenvalue weighted by Gasteiger charge is -2.29. The molecular weight excluding hydrogens is 431 g/mol. The Morgan fingerprint density at radius 3 is 2.28 bits per heavy atom. The summed E-state index contributed by atoms with van der Waals surface area (Å²) in [5, 5.41) is 4.15. The van der Waals surface area contributed by atoms with Crippen molar-refractivity contribution in [2.45, 2.75) is 20.4 Å². The first kappa shape index (κ1) is 23.6. The minimum atomic E-state index is -3.36. The SMILES string of the molecule is CCOP(=O)(CN(Cc1ccccc1Cl)C(=S)Nc1ccc(OC)cc1)OCC. The number of halogens is 1. The lowest BCUT2D eigenvalue weighted by molar-refractivity contribution is 0.209. The van der Waals surface area contributed by atoms with E-state index in [9.17, 15) is 4.57 Å². The van der Waals surface area contributed by atoms with E-state index in [2.05, 4.69) is 5.32 Å². The number of nitrogens with zero attached hydrogens (tertiary/aromatic N) is 1. The number of hydrogen-bond acceptors (Lipinski definition) is 5. The molecule has 0 aromatic heterocycles. The molecule has 2 aromatic rings. The van der Waals surface area contributed by atoms with E-state index in [1.165, 1.54) is 0 Å². The van der Waals surface area contributed by atoms with Crippen molar-refractivity contribution in [3.63, 3.8) is 0 Å². The van der Waals surface area contributed by atoms with Gasteiger partial charge in [-0.1, -0.05) is 29.8 Å². The average molecular weight is 457 g/mol. The summed E-state index contributed by atoms with van der Waals surface area (Å²) in [6.07, 6.45) is 0.00188. The second kappa shape index (κ2) is 11.5. The van der Waals surface area contributed by atoms with Gasteiger partial charge >= 0.3 is 7.60 Å². The molecule has 6 nitrogen and oxygen atoms in total. The van der Waals surface area contributed by atoms with Gasteiger partial charge in [0.1, 0.15) is 12.0 Å². The lowest BCUT2D eigenvalue weighted by atomic mass is 10.2. The summed E-state index contributed by atoms with van der Waals surface area (Å²) in [4.78, 5) is 1.74. The molecule has 0 saturated carbocycles. The molecule has 0 amide bonds. The van der Waals surface area contributed by atoms with Crippen molar-refractivity contribution in [2.24, 2.45) is 0 Å². The van der Waals surface area contributed by atoms with Gasteiger partial charge in [-0.15, -0.1) is 0 Å². The third-order valence-electron chi connectivity index (χ3n) is 3.94. The van der Waals surface area contributed by atoms with Crippen molar-refractivity contribution in [1.29, 1.82) is 0 Å². The van der Waals surface area contributed by atoms with Crippen LogP contribution in [0.4, 0.5) is 5.69 Å². The van der Waals surface area contributed by atoms with Crippen LogP contribution in [0.3, 0.4) is 0 Å². The maximum absolute atomic E-state index is 13.1. The summed E-state index contributed by atoms with van der Waals surface area (Å²) in [7, 11) is -1.76. The number of methoxy groups -OCH3 is 1. The fourth-order valence-corrected chi connectivity index (χ4v) is 4.84. The largest absolute Gasteiger partial charge is 0.497 e. The predicted molar refractivity (Wildman–Crippen MR) is 122 cm³/mol. The van der Waals surface area contributed by atoms with Crippen molar-refractivity contribution in [1.82, 2.24) is 4.90 Å². The van der Waals surface area contributed by atoms with Crippen LogP contribution in [-0.4, -0.2) is 36.6 Å². The van der Waals surface area contributed by atoms with Crippen LogP contribution in [0.2, 0.25) is 5.02 Å². The third-order valence-corrected chi connectivity index (χ3v) is 6.66. The number of benzene rings is 2. The van der Waals surface area contributed by atoms with Crippen molar-refractivity contribution >= 4 is 42.2 Å². The second-order valence-corrected chi connectivity index (χ2v) is 8.85. The molecule has 29 heavy (non-hydrogen) atoms. The molecule has 0 aliphatic rings. The van der Waals surface area contributed by atoms with Gasteiger partial charge in [-0.05, 0) is 62.0 Å². The van der Waals surface area contributed by atoms with Crippen LogP contribution < -0.4 is 10.1 Å². The summed E-state index contributed by atoms with van der Waals surface area (Å²) >= 11 is 11.9. The van der Waals surface area contributed by atoms with Gasteiger partial charge in [0.2, 0.25) is 0 Å². The van der Waals surface area contributed by atoms with Crippen LogP contribution in [0.1, 0.15) is 19.4 Å². The zero-order valence-corrected chi connectivity index (χ0v) is 19.2. The normalized spacial score (nSPS) is 11.2. The maximum atomic E-state index is 13.1. The van der Waals surface area contributed by atoms with Crippen LogP contribution in [0.25, 0.3) is 0 Å². The highest BCUT2D eigenvalue weighted by Crippen LogP contribution is 2.48. The highest BCUT2D eigenvalue weighted by Gasteiger charge is 2.29. The van der Waals surface area contributed by atoms with Gasteiger partial charge < -0.3 is 24.0 Å². The van der Waals surface area contributed by atoms with Gasteiger partial charge in [-0.25, -0.2) is 0 Å². The van der Waals surface area contributed by atoms with Gasteiger partial charge in [0.25, 0.3) is 0 Å². The minimum absolute atomic E-state index is 0.00188. The summed E-state index contributed by atoms with van der Waals surface area (Å²) < 4.78 is 29.2. The van der Waals surface area contributed by atoms with E-state index in [0.29, 0.717) is 16.7 Å². The third kappa shape index (κ3) is 7.28. The van der Waals surface area contributed by atoms with E-state index >= 15 is 0 Å². The zero-order chi connectivity index (χ0) is 21.3. The smallest absolute Gasteiger partial charge is 0.349 e. The Labute approximate surface area is 182 Å². The van der Waals surface area contributed by atoms with Crippen molar-refractivity contribution in [3.8, 4) is 5.75 Å². The number of ether oxygens (including phenoxy) is 1.